The van der Waals surface area contributed by atoms with Crippen LogP contribution in [-0.4, -0.2) is 17.1 Å². The van der Waals surface area contributed by atoms with Gasteiger partial charge in [0.1, 0.15) is 5.69 Å². The van der Waals surface area contributed by atoms with Crippen LogP contribution in [-0.2, 0) is 4.74 Å². The number of hydrogen-bond donors (Lipinski definition) is 0. The quantitative estimate of drug-likeness (QED) is 0.566. The fourth-order valence-corrected chi connectivity index (χ4v) is 1.65. The highest BCUT2D eigenvalue weighted by Crippen LogP contribution is 2.19. The molecule has 0 saturated heterocycles. The van der Waals surface area contributed by atoms with Gasteiger partial charge in [-0.1, -0.05) is 24.6 Å². The molecule has 0 aliphatic rings. The van der Waals surface area contributed by atoms with Crippen LogP contribution in [0.2, 0.25) is 0 Å². The molecule has 0 N–H and O–H groups in total. The first kappa shape index (κ1) is 10.3. The molecule has 80 valence electrons. The van der Waals surface area contributed by atoms with Gasteiger partial charge in [-0.3, -0.25) is 4.57 Å². The predicted molar refractivity (Wildman–Crippen MR) is 62.1 cm³/mol. The van der Waals surface area contributed by atoms with Gasteiger partial charge in [-0.15, -0.1) is 0 Å². The van der Waals surface area contributed by atoms with Crippen LogP contribution in [0.4, 0.5) is 0 Å². The van der Waals surface area contributed by atoms with Gasteiger partial charge in [0.05, 0.1) is 12.1 Å². The molecular weight excluding hydrogens is 202 g/mol. The second kappa shape index (κ2) is 4.11. The minimum absolute atomic E-state index is 0.338. The van der Waals surface area contributed by atoms with Gasteiger partial charge in [-0.25, -0.2) is 4.79 Å². The lowest BCUT2D eigenvalue weighted by molar-refractivity contribution is 0.0518. The van der Waals surface area contributed by atoms with Gasteiger partial charge in [0.25, 0.3) is 0 Å². The Hall–Kier alpha value is -2.21. The van der Waals surface area contributed by atoms with Gasteiger partial charge in [0.2, 0.25) is 0 Å². The number of benzene rings is 1. The van der Waals surface area contributed by atoms with Gasteiger partial charge >= 0.3 is 5.97 Å². The summed E-state index contributed by atoms with van der Waals surface area (Å²) in [7, 11) is 0. The van der Waals surface area contributed by atoms with Crippen LogP contribution in [0.25, 0.3) is 10.9 Å². The highest BCUT2D eigenvalue weighted by molar-refractivity contribution is 5.96. The number of aromatic nitrogens is 1. The molecule has 16 heavy (non-hydrogen) atoms. The molecule has 0 aliphatic heterocycles. The lowest BCUT2D eigenvalue weighted by Crippen LogP contribution is -2.09. The van der Waals surface area contributed by atoms with E-state index in [-0.39, 0.29) is 0 Å². The van der Waals surface area contributed by atoms with Crippen LogP contribution in [0.15, 0.2) is 30.3 Å². The second-order valence-electron chi connectivity index (χ2n) is 3.27. The molecule has 0 aliphatic carbocycles. The Morgan fingerprint density at radius 2 is 2.25 bits per heavy atom. The molecule has 0 amide bonds. The first-order chi connectivity index (χ1) is 7.77. The van der Waals surface area contributed by atoms with E-state index in [4.69, 9.17) is 11.2 Å². The molecule has 3 nitrogen and oxygen atoms in total. The lowest BCUT2D eigenvalue weighted by Gasteiger charge is -2.02. The number of rotatable bonds is 2. The predicted octanol–water partition coefficient (Wildman–Crippen LogP) is 2.26. The summed E-state index contributed by atoms with van der Waals surface area (Å²) in [6.45, 7) is 2.10. The summed E-state index contributed by atoms with van der Waals surface area (Å²) < 4.78 is 6.45. The summed E-state index contributed by atoms with van der Waals surface area (Å²) in [6, 6.07) is 11.8. The first-order valence-electron chi connectivity index (χ1n) is 5.02. The molecular formula is C13H11NO2. The minimum Gasteiger partial charge on any atom is -0.461 e. The Kier molecular flexibility index (Phi) is 2.65. The van der Waals surface area contributed by atoms with E-state index in [0.29, 0.717) is 12.3 Å². The summed E-state index contributed by atoms with van der Waals surface area (Å²) in [4.78, 5) is 11.7. The van der Waals surface area contributed by atoms with Gasteiger partial charge in [0.15, 0.2) is 0 Å². The molecule has 2 rings (SSSR count). The zero-order valence-corrected chi connectivity index (χ0v) is 8.93. The topological polar surface area (TPSA) is 31.2 Å². The monoisotopic (exact) mass is 213 g/mol. The third-order valence-electron chi connectivity index (χ3n) is 2.32. The first-order valence-corrected chi connectivity index (χ1v) is 5.02. The number of hydrogen-bond acceptors (Lipinski definition) is 2. The molecule has 0 bridgehead atoms. The summed E-state index contributed by atoms with van der Waals surface area (Å²) in [6.07, 6.45) is 5.40. The van der Waals surface area contributed by atoms with Crippen molar-refractivity contribution in [1.29, 1.82) is 0 Å². The zero-order chi connectivity index (χ0) is 11.5. The molecule has 0 atom stereocenters. The molecule has 1 aromatic carbocycles. The number of carbonyl (C=O) groups is 1. The molecule has 3 heteroatoms. The molecule has 0 unspecified atom stereocenters. The van der Waals surface area contributed by atoms with Crippen LogP contribution >= 0.6 is 0 Å². The maximum atomic E-state index is 11.7. The summed E-state index contributed by atoms with van der Waals surface area (Å²) in [5.41, 5.74) is 1.23. The van der Waals surface area contributed by atoms with Crippen molar-refractivity contribution in [2.24, 2.45) is 0 Å². The third-order valence-corrected chi connectivity index (χ3v) is 2.32. The number of esters is 1. The van der Waals surface area contributed by atoms with Crippen molar-refractivity contribution in [3.05, 3.63) is 36.0 Å². The number of carbonyl (C=O) groups excluding carboxylic acids is 1. The number of fused-ring (bicyclic) bond motifs is 1. The molecule has 1 heterocycles. The van der Waals surface area contributed by atoms with E-state index in [1.807, 2.05) is 24.3 Å². The van der Waals surface area contributed by atoms with E-state index in [9.17, 15) is 4.79 Å². The van der Waals surface area contributed by atoms with Crippen molar-refractivity contribution >= 4 is 16.9 Å². The number of nitrogens with zero attached hydrogens (tertiary/aromatic N) is 1. The van der Waals surface area contributed by atoms with E-state index < -0.39 is 5.97 Å². The Morgan fingerprint density at radius 1 is 1.50 bits per heavy atom. The minimum atomic E-state index is -0.392. The smallest absolute Gasteiger partial charge is 0.355 e. The van der Waals surface area contributed by atoms with Crippen LogP contribution in [0.3, 0.4) is 0 Å². The Balaban J connectivity index is 2.62. The maximum absolute atomic E-state index is 11.7. The van der Waals surface area contributed by atoms with Crippen LogP contribution in [0.5, 0.6) is 0 Å². The molecule has 1 aromatic heterocycles. The van der Waals surface area contributed by atoms with Gasteiger partial charge in [0, 0.05) is 11.4 Å². The molecule has 0 radical (unpaired) electrons. The van der Waals surface area contributed by atoms with Crippen molar-refractivity contribution in [3.63, 3.8) is 0 Å². The van der Waals surface area contributed by atoms with E-state index >= 15 is 0 Å². The van der Waals surface area contributed by atoms with E-state index in [2.05, 4.69) is 6.04 Å². The zero-order valence-electron chi connectivity index (χ0n) is 8.93. The van der Waals surface area contributed by atoms with E-state index in [0.717, 1.165) is 10.9 Å². The van der Waals surface area contributed by atoms with Crippen molar-refractivity contribution in [1.82, 2.24) is 4.57 Å². The van der Waals surface area contributed by atoms with Crippen molar-refractivity contribution < 1.29 is 9.53 Å². The molecule has 0 fully saturated rings. The highest BCUT2D eigenvalue weighted by Gasteiger charge is 2.14. The van der Waals surface area contributed by atoms with Crippen LogP contribution in [0, 0.1) is 12.5 Å². The second-order valence-corrected chi connectivity index (χ2v) is 3.27. The normalized spacial score (nSPS) is 10.0. The van der Waals surface area contributed by atoms with E-state index in [1.54, 1.807) is 13.0 Å². The van der Waals surface area contributed by atoms with Gasteiger partial charge < -0.3 is 4.74 Å². The number of terminal acetylenes is 1. The van der Waals surface area contributed by atoms with Gasteiger partial charge in [-0.2, -0.15) is 0 Å². The van der Waals surface area contributed by atoms with Crippen molar-refractivity contribution in [2.75, 3.05) is 6.61 Å². The lowest BCUT2D eigenvalue weighted by atomic mass is 10.2. The van der Waals surface area contributed by atoms with Crippen LogP contribution < -0.4 is 0 Å². The highest BCUT2D eigenvalue weighted by atomic mass is 16.5. The summed E-state index contributed by atoms with van der Waals surface area (Å²) in [5, 5.41) is 0.934. The molecule has 0 saturated carbocycles. The average molecular weight is 213 g/mol. The molecule has 0 spiro atoms. The van der Waals surface area contributed by atoms with Crippen LogP contribution in [0.1, 0.15) is 17.4 Å². The largest absolute Gasteiger partial charge is 0.461 e. The van der Waals surface area contributed by atoms with Crippen molar-refractivity contribution in [3.8, 4) is 12.5 Å². The Labute approximate surface area is 93.6 Å². The Bertz CT molecular complexity index is 575. The standard InChI is InChI=1S/C13H11NO2/c1-3-14-11-8-6-5-7-10(11)9-12(14)13(15)16-4-2/h1,5-9H,4H2,2H3. The fraction of sp³-hybridized carbons (Fsp3) is 0.154. The average Bonchev–Trinajstić information content (AvgIpc) is 2.67. The Morgan fingerprint density at radius 3 is 2.94 bits per heavy atom. The molecule has 2 aromatic rings. The number of ether oxygens (including phenoxy) is 1. The van der Waals surface area contributed by atoms with Gasteiger partial charge in [-0.05, 0) is 19.1 Å². The van der Waals surface area contributed by atoms with E-state index in [1.165, 1.54) is 4.57 Å². The van der Waals surface area contributed by atoms with Crippen molar-refractivity contribution in [2.45, 2.75) is 6.92 Å². The summed E-state index contributed by atoms with van der Waals surface area (Å²) >= 11 is 0. The SMILES string of the molecule is C#Cn1c(C(=O)OCC)cc2ccccc21. The summed E-state index contributed by atoms with van der Waals surface area (Å²) in [5.74, 6) is -0.392. The third kappa shape index (κ3) is 1.55. The fourth-order valence-electron chi connectivity index (χ4n) is 1.65. The number of para-hydroxylation sites is 1. The maximum Gasteiger partial charge on any atom is 0.355 e.